The molecule has 0 aliphatic rings. The minimum Gasteiger partial charge on any atom is -0.342 e. The molecule has 0 aliphatic carbocycles. The number of aryl methyl sites for hydroxylation is 2. The van der Waals surface area contributed by atoms with Crippen molar-refractivity contribution in [2.24, 2.45) is 0 Å². The summed E-state index contributed by atoms with van der Waals surface area (Å²) < 4.78 is 26.2. The number of aromatic nitrogens is 2. The minimum absolute atomic E-state index is 0.104. The second kappa shape index (κ2) is 8.06. The number of carbonyl (C=O) groups excluding carboxylic acids is 2. The summed E-state index contributed by atoms with van der Waals surface area (Å²) in [5.41, 5.74) is 1.43. The molecule has 0 spiro atoms. The van der Waals surface area contributed by atoms with E-state index < -0.39 is 23.4 Å². The topological polar surface area (TPSA) is 84.0 Å². The molecule has 158 valence electrons. The molecule has 2 heterocycles. The van der Waals surface area contributed by atoms with Gasteiger partial charge in [-0.2, -0.15) is 0 Å². The number of hydrogen-bond acceptors (Lipinski definition) is 5. The Morgan fingerprint density at radius 2 is 1.80 bits per heavy atom. The highest BCUT2D eigenvalue weighted by Crippen LogP contribution is 2.33. The van der Waals surface area contributed by atoms with Gasteiger partial charge in [0.05, 0.1) is 17.1 Å². The first-order valence-electron chi connectivity index (χ1n) is 9.28. The van der Waals surface area contributed by atoms with Crippen molar-refractivity contribution in [3.63, 3.8) is 0 Å². The summed E-state index contributed by atoms with van der Waals surface area (Å²) in [5, 5.41) is 5.80. The van der Waals surface area contributed by atoms with Crippen molar-refractivity contribution >= 4 is 39.1 Å². The summed E-state index contributed by atoms with van der Waals surface area (Å²) in [6, 6.07) is 3.03. The van der Waals surface area contributed by atoms with Gasteiger partial charge in [-0.05, 0) is 31.5 Å². The Morgan fingerprint density at radius 3 is 2.43 bits per heavy atom. The first-order chi connectivity index (χ1) is 14.0. The standard InChI is InChI=1S/C21H22F2N4O2S/c1-10-16-11(2)25-20(21(3,4)5)27-19(16)30-17(10)18(29)24-9-15(28)26-12-6-7-13(22)14(23)8-12/h6-8H,9H2,1-5H3,(H,24,29)(H,26,28). The van der Waals surface area contributed by atoms with Crippen LogP contribution in [0.15, 0.2) is 18.2 Å². The zero-order valence-electron chi connectivity index (χ0n) is 17.3. The number of hydrogen-bond donors (Lipinski definition) is 2. The van der Waals surface area contributed by atoms with Gasteiger partial charge in [0.15, 0.2) is 11.6 Å². The number of amides is 2. The second-order valence-electron chi connectivity index (χ2n) is 7.98. The number of thiophene rings is 1. The second-order valence-corrected chi connectivity index (χ2v) is 8.98. The van der Waals surface area contributed by atoms with Gasteiger partial charge in [0, 0.05) is 22.6 Å². The Kier molecular flexibility index (Phi) is 5.85. The van der Waals surface area contributed by atoms with Crippen molar-refractivity contribution in [3.05, 3.63) is 51.8 Å². The van der Waals surface area contributed by atoms with E-state index in [2.05, 4.69) is 20.6 Å². The van der Waals surface area contributed by atoms with Crippen LogP contribution in [-0.2, 0) is 10.2 Å². The van der Waals surface area contributed by atoms with Gasteiger partial charge in [-0.1, -0.05) is 20.8 Å². The van der Waals surface area contributed by atoms with Crippen LogP contribution >= 0.6 is 11.3 Å². The van der Waals surface area contributed by atoms with E-state index in [0.717, 1.165) is 33.6 Å². The third-order valence-corrected chi connectivity index (χ3v) is 5.65. The lowest BCUT2D eigenvalue weighted by Crippen LogP contribution is -2.32. The number of carbonyl (C=O) groups is 2. The molecule has 9 heteroatoms. The lowest BCUT2D eigenvalue weighted by Gasteiger charge is -2.16. The molecular weight excluding hydrogens is 410 g/mol. The third kappa shape index (κ3) is 4.46. The van der Waals surface area contributed by atoms with E-state index in [0.29, 0.717) is 10.7 Å². The van der Waals surface area contributed by atoms with Crippen LogP contribution in [0.3, 0.4) is 0 Å². The van der Waals surface area contributed by atoms with Crippen LogP contribution in [0.1, 0.15) is 47.5 Å². The molecule has 0 unspecified atom stereocenters. The summed E-state index contributed by atoms with van der Waals surface area (Å²) in [7, 11) is 0. The highest BCUT2D eigenvalue weighted by Gasteiger charge is 2.23. The molecule has 0 radical (unpaired) electrons. The highest BCUT2D eigenvalue weighted by atomic mass is 32.1. The summed E-state index contributed by atoms with van der Waals surface area (Å²) in [6.07, 6.45) is 0. The van der Waals surface area contributed by atoms with Crippen LogP contribution in [0.25, 0.3) is 10.2 Å². The molecule has 0 saturated heterocycles. The third-order valence-electron chi connectivity index (χ3n) is 4.46. The van der Waals surface area contributed by atoms with Gasteiger partial charge in [0.2, 0.25) is 5.91 Å². The molecule has 2 amide bonds. The van der Waals surface area contributed by atoms with Crippen LogP contribution < -0.4 is 10.6 Å². The van der Waals surface area contributed by atoms with Crippen LogP contribution in [0.5, 0.6) is 0 Å². The van der Waals surface area contributed by atoms with E-state index in [-0.39, 0.29) is 17.6 Å². The van der Waals surface area contributed by atoms with Gasteiger partial charge in [0.1, 0.15) is 10.7 Å². The Balaban J connectivity index is 1.75. The van der Waals surface area contributed by atoms with Crippen molar-refractivity contribution in [2.45, 2.75) is 40.0 Å². The SMILES string of the molecule is Cc1nc(C(C)(C)C)nc2sc(C(=O)NCC(=O)Nc3ccc(F)c(F)c3)c(C)c12. The Bertz CT molecular complexity index is 1150. The largest absolute Gasteiger partial charge is 0.342 e. The van der Waals surface area contributed by atoms with Gasteiger partial charge in [0.25, 0.3) is 5.91 Å². The van der Waals surface area contributed by atoms with Gasteiger partial charge < -0.3 is 10.6 Å². The molecule has 6 nitrogen and oxygen atoms in total. The quantitative estimate of drug-likeness (QED) is 0.646. The van der Waals surface area contributed by atoms with Crippen LogP contribution in [0.2, 0.25) is 0 Å². The van der Waals surface area contributed by atoms with Crippen molar-refractivity contribution in [2.75, 3.05) is 11.9 Å². The maximum atomic E-state index is 13.2. The molecule has 0 fully saturated rings. The predicted octanol–water partition coefficient (Wildman–Crippen LogP) is 4.25. The van der Waals surface area contributed by atoms with Crippen LogP contribution in [-0.4, -0.2) is 28.3 Å². The lowest BCUT2D eigenvalue weighted by molar-refractivity contribution is -0.115. The van der Waals surface area contributed by atoms with Crippen LogP contribution in [0, 0.1) is 25.5 Å². The van der Waals surface area contributed by atoms with Gasteiger partial charge >= 0.3 is 0 Å². The first kappa shape index (κ1) is 21.8. The lowest BCUT2D eigenvalue weighted by atomic mass is 9.95. The van der Waals surface area contributed by atoms with E-state index in [1.165, 1.54) is 17.4 Å². The van der Waals surface area contributed by atoms with Gasteiger partial charge in [-0.15, -0.1) is 11.3 Å². The average molecular weight is 432 g/mol. The number of benzene rings is 1. The first-order valence-corrected chi connectivity index (χ1v) is 10.1. The van der Waals surface area contributed by atoms with E-state index in [1.54, 1.807) is 0 Å². The average Bonchev–Trinajstić information content (AvgIpc) is 2.99. The van der Waals surface area contributed by atoms with E-state index in [1.807, 2.05) is 34.6 Å². The number of rotatable bonds is 4. The molecular formula is C21H22F2N4O2S. The molecule has 0 atom stereocenters. The fourth-order valence-corrected chi connectivity index (χ4v) is 4.06. The normalized spacial score (nSPS) is 11.6. The van der Waals surface area contributed by atoms with Crippen molar-refractivity contribution in [1.29, 1.82) is 0 Å². The monoisotopic (exact) mass is 432 g/mol. The molecule has 30 heavy (non-hydrogen) atoms. The summed E-state index contributed by atoms with van der Waals surface area (Å²) in [6.45, 7) is 9.45. The summed E-state index contributed by atoms with van der Waals surface area (Å²) in [4.78, 5) is 35.1. The maximum Gasteiger partial charge on any atom is 0.262 e. The highest BCUT2D eigenvalue weighted by molar-refractivity contribution is 7.20. The molecule has 0 bridgehead atoms. The molecule has 0 aliphatic heterocycles. The van der Waals surface area contributed by atoms with Gasteiger partial charge in [-0.3, -0.25) is 9.59 Å². The number of halogens is 2. The summed E-state index contributed by atoms with van der Waals surface area (Å²) >= 11 is 1.25. The van der Waals surface area contributed by atoms with Crippen LogP contribution in [0.4, 0.5) is 14.5 Å². The number of nitrogens with zero attached hydrogens (tertiary/aromatic N) is 2. The van der Waals surface area contributed by atoms with Crippen molar-refractivity contribution < 1.29 is 18.4 Å². The zero-order chi connectivity index (χ0) is 22.2. The van der Waals surface area contributed by atoms with Crippen molar-refractivity contribution in [3.8, 4) is 0 Å². The maximum absolute atomic E-state index is 13.2. The molecule has 3 aromatic rings. The zero-order valence-corrected chi connectivity index (χ0v) is 18.1. The molecule has 1 aromatic carbocycles. The van der Waals surface area contributed by atoms with E-state index in [9.17, 15) is 18.4 Å². The van der Waals surface area contributed by atoms with E-state index in [4.69, 9.17) is 0 Å². The summed E-state index contributed by atoms with van der Waals surface area (Å²) in [5.74, 6) is -2.34. The Labute approximate surface area is 176 Å². The molecule has 3 rings (SSSR count). The minimum atomic E-state index is -1.07. The van der Waals surface area contributed by atoms with Gasteiger partial charge in [-0.25, -0.2) is 18.7 Å². The van der Waals surface area contributed by atoms with Crippen molar-refractivity contribution in [1.82, 2.24) is 15.3 Å². The fraction of sp³-hybridized carbons (Fsp3) is 0.333. The number of fused-ring (bicyclic) bond motifs is 1. The Morgan fingerprint density at radius 1 is 1.10 bits per heavy atom. The molecule has 0 saturated carbocycles. The number of anilines is 1. The number of nitrogens with one attached hydrogen (secondary N) is 2. The fourth-order valence-electron chi connectivity index (χ4n) is 2.91. The Hall–Kier alpha value is -2.94. The molecule has 2 aromatic heterocycles. The predicted molar refractivity (Wildman–Crippen MR) is 113 cm³/mol. The van der Waals surface area contributed by atoms with E-state index >= 15 is 0 Å². The molecule has 2 N–H and O–H groups in total. The smallest absolute Gasteiger partial charge is 0.262 e.